The molecule has 20 heavy (non-hydrogen) atoms. The molecular formula is C14H28N2O3S. The van der Waals surface area contributed by atoms with E-state index in [0.717, 1.165) is 25.8 Å². The van der Waals surface area contributed by atoms with E-state index in [-0.39, 0.29) is 11.7 Å². The highest BCUT2D eigenvalue weighted by Crippen LogP contribution is 2.22. The number of hydrogen-bond donors (Lipinski definition) is 1. The van der Waals surface area contributed by atoms with Gasteiger partial charge in [-0.05, 0) is 31.7 Å². The number of nitrogens with zero attached hydrogens (tertiary/aromatic N) is 1. The van der Waals surface area contributed by atoms with E-state index in [4.69, 9.17) is 0 Å². The van der Waals surface area contributed by atoms with Gasteiger partial charge in [0.15, 0.2) is 0 Å². The van der Waals surface area contributed by atoms with Gasteiger partial charge < -0.3 is 5.32 Å². The predicted octanol–water partition coefficient (Wildman–Crippen LogP) is 1.40. The molecule has 1 heterocycles. The lowest BCUT2D eigenvalue weighted by Crippen LogP contribution is -2.39. The molecule has 0 aromatic carbocycles. The third kappa shape index (κ3) is 6.81. The molecule has 1 rings (SSSR count). The molecule has 118 valence electrons. The van der Waals surface area contributed by atoms with Crippen molar-refractivity contribution in [1.29, 1.82) is 0 Å². The minimum absolute atomic E-state index is 0.198. The fraction of sp³-hybridized carbons (Fsp3) is 0.929. The maximum absolute atomic E-state index is 11.9. The van der Waals surface area contributed by atoms with Crippen LogP contribution in [0.3, 0.4) is 0 Å². The van der Waals surface area contributed by atoms with Crippen LogP contribution in [0, 0.1) is 5.92 Å². The van der Waals surface area contributed by atoms with Crippen LogP contribution in [0.1, 0.15) is 46.0 Å². The monoisotopic (exact) mass is 304 g/mol. The summed E-state index contributed by atoms with van der Waals surface area (Å²) in [6.07, 6.45) is 5.04. The smallest absolute Gasteiger partial charge is 0.211 e. The molecule has 0 amide bonds. The van der Waals surface area contributed by atoms with Crippen LogP contribution in [-0.4, -0.2) is 50.4 Å². The molecule has 0 aromatic heterocycles. The Hall–Kier alpha value is -0.460. The Morgan fingerprint density at radius 2 is 2.10 bits per heavy atom. The molecule has 1 fully saturated rings. The number of carbonyl (C=O) groups is 1. The lowest BCUT2D eigenvalue weighted by molar-refractivity contribution is -0.120. The highest BCUT2D eigenvalue weighted by atomic mass is 32.2. The second kappa shape index (κ2) is 8.10. The van der Waals surface area contributed by atoms with Gasteiger partial charge in [0.05, 0.1) is 6.26 Å². The van der Waals surface area contributed by atoms with Crippen molar-refractivity contribution in [2.45, 2.75) is 52.0 Å². The van der Waals surface area contributed by atoms with Gasteiger partial charge in [0.2, 0.25) is 10.0 Å². The fourth-order valence-corrected chi connectivity index (χ4v) is 3.54. The number of hydrogen-bond acceptors (Lipinski definition) is 4. The average Bonchev–Trinajstić information content (AvgIpc) is 2.34. The number of piperidine rings is 1. The zero-order valence-corrected chi connectivity index (χ0v) is 13.7. The normalized spacial score (nSPS) is 21.3. The number of rotatable bonds is 8. The van der Waals surface area contributed by atoms with E-state index in [1.807, 2.05) is 0 Å². The summed E-state index contributed by atoms with van der Waals surface area (Å²) in [7, 11) is -3.11. The van der Waals surface area contributed by atoms with E-state index in [0.29, 0.717) is 32.0 Å². The van der Waals surface area contributed by atoms with Crippen molar-refractivity contribution >= 4 is 15.8 Å². The first kappa shape index (κ1) is 17.6. The first-order chi connectivity index (χ1) is 9.29. The summed E-state index contributed by atoms with van der Waals surface area (Å²) >= 11 is 0. The maximum Gasteiger partial charge on any atom is 0.211 e. The van der Waals surface area contributed by atoms with Gasteiger partial charge in [0, 0.05) is 32.0 Å². The SMILES string of the molecule is CC(C)NCCCC(=O)CC1CCCN(S(C)(=O)=O)C1. The maximum atomic E-state index is 11.9. The molecule has 1 unspecified atom stereocenters. The molecule has 0 aromatic rings. The number of carbonyl (C=O) groups excluding carboxylic acids is 1. The molecule has 1 aliphatic heterocycles. The van der Waals surface area contributed by atoms with Gasteiger partial charge in [-0.25, -0.2) is 12.7 Å². The average molecular weight is 304 g/mol. The van der Waals surface area contributed by atoms with Crippen LogP contribution in [0.4, 0.5) is 0 Å². The summed E-state index contributed by atoms with van der Waals surface area (Å²) < 4.78 is 24.6. The number of nitrogens with one attached hydrogen (secondary N) is 1. The highest BCUT2D eigenvalue weighted by molar-refractivity contribution is 7.88. The van der Waals surface area contributed by atoms with Gasteiger partial charge in [0.1, 0.15) is 5.78 Å². The van der Waals surface area contributed by atoms with Gasteiger partial charge >= 0.3 is 0 Å². The van der Waals surface area contributed by atoms with Crippen molar-refractivity contribution in [2.24, 2.45) is 5.92 Å². The van der Waals surface area contributed by atoms with Crippen LogP contribution in [0.15, 0.2) is 0 Å². The first-order valence-electron chi connectivity index (χ1n) is 7.49. The second-order valence-electron chi connectivity index (χ2n) is 6.08. The van der Waals surface area contributed by atoms with Crippen LogP contribution in [0.2, 0.25) is 0 Å². The van der Waals surface area contributed by atoms with E-state index in [1.165, 1.54) is 10.6 Å². The zero-order chi connectivity index (χ0) is 15.2. The molecule has 0 bridgehead atoms. The largest absolute Gasteiger partial charge is 0.315 e. The molecule has 6 heteroatoms. The second-order valence-corrected chi connectivity index (χ2v) is 8.07. The number of Topliss-reactive ketones (excluding diaryl/α,β-unsaturated/α-hetero) is 1. The number of sulfonamides is 1. The van der Waals surface area contributed by atoms with E-state index < -0.39 is 10.0 Å². The van der Waals surface area contributed by atoms with Crippen molar-refractivity contribution in [2.75, 3.05) is 25.9 Å². The van der Waals surface area contributed by atoms with Crippen LogP contribution in [-0.2, 0) is 14.8 Å². The van der Waals surface area contributed by atoms with E-state index in [9.17, 15) is 13.2 Å². The van der Waals surface area contributed by atoms with Crippen LogP contribution in [0.5, 0.6) is 0 Å². The van der Waals surface area contributed by atoms with Crippen molar-refractivity contribution in [1.82, 2.24) is 9.62 Å². The van der Waals surface area contributed by atoms with Gasteiger partial charge in [0.25, 0.3) is 0 Å². The summed E-state index contributed by atoms with van der Waals surface area (Å²) in [5.74, 6) is 0.458. The lowest BCUT2D eigenvalue weighted by Gasteiger charge is -2.30. The van der Waals surface area contributed by atoms with Gasteiger partial charge in [-0.3, -0.25) is 4.79 Å². The molecule has 1 saturated heterocycles. The van der Waals surface area contributed by atoms with Crippen LogP contribution >= 0.6 is 0 Å². The molecule has 0 aliphatic carbocycles. The molecule has 0 spiro atoms. The molecule has 0 radical (unpaired) electrons. The van der Waals surface area contributed by atoms with Crippen molar-refractivity contribution in [3.63, 3.8) is 0 Å². The van der Waals surface area contributed by atoms with Crippen LogP contribution < -0.4 is 5.32 Å². The molecular weight excluding hydrogens is 276 g/mol. The molecule has 1 aliphatic rings. The standard InChI is InChI=1S/C14H28N2O3S/c1-12(2)15-8-4-7-14(17)10-13-6-5-9-16(11-13)20(3,18)19/h12-13,15H,4-11H2,1-3H3. The molecule has 1 atom stereocenters. The van der Waals surface area contributed by atoms with Crippen molar-refractivity contribution in [3.05, 3.63) is 0 Å². The third-order valence-corrected chi connectivity index (χ3v) is 4.92. The Labute approximate surface area is 123 Å². The highest BCUT2D eigenvalue weighted by Gasteiger charge is 2.26. The van der Waals surface area contributed by atoms with E-state index in [2.05, 4.69) is 19.2 Å². The Morgan fingerprint density at radius 3 is 2.70 bits per heavy atom. The Kier molecular flexibility index (Phi) is 7.12. The van der Waals surface area contributed by atoms with E-state index in [1.54, 1.807) is 0 Å². The van der Waals surface area contributed by atoms with E-state index >= 15 is 0 Å². The number of ketones is 1. The fourth-order valence-electron chi connectivity index (χ4n) is 2.60. The summed E-state index contributed by atoms with van der Waals surface area (Å²) in [5, 5.41) is 3.29. The van der Waals surface area contributed by atoms with Crippen molar-refractivity contribution < 1.29 is 13.2 Å². The third-order valence-electron chi connectivity index (χ3n) is 3.65. The predicted molar refractivity (Wildman–Crippen MR) is 81.1 cm³/mol. The molecule has 1 N–H and O–H groups in total. The Balaban J connectivity index is 2.28. The summed E-state index contributed by atoms with van der Waals surface area (Å²) in [4.78, 5) is 11.9. The minimum Gasteiger partial charge on any atom is -0.315 e. The Bertz CT molecular complexity index is 407. The van der Waals surface area contributed by atoms with Crippen molar-refractivity contribution in [3.8, 4) is 0 Å². The topological polar surface area (TPSA) is 66.5 Å². The molecule has 0 saturated carbocycles. The van der Waals surface area contributed by atoms with Gasteiger partial charge in [-0.2, -0.15) is 0 Å². The quantitative estimate of drug-likeness (QED) is 0.688. The van der Waals surface area contributed by atoms with Gasteiger partial charge in [-0.1, -0.05) is 13.8 Å². The Morgan fingerprint density at radius 1 is 1.40 bits per heavy atom. The first-order valence-corrected chi connectivity index (χ1v) is 9.34. The lowest BCUT2D eigenvalue weighted by atomic mass is 9.93. The summed E-state index contributed by atoms with van der Waals surface area (Å²) in [6.45, 7) is 6.15. The summed E-state index contributed by atoms with van der Waals surface area (Å²) in [6, 6.07) is 0.451. The summed E-state index contributed by atoms with van der Waals surface area (Å²) in [5.41, 5.74) is 0. The van der Waals surface area contributed by atoms with Gasteiger partial charge in [-0.15, -0.1) is 0 Å². The van der Waals surface area contributed by atoms with Crippen LogP contribution in [0.25, 0.3) is 0 Å². The minimum atomic E-state index is -3.11. The molecule has 5 nitrogen and oxygen atoms in total. The zero-order valence-electron chi connectivity index (χ0n) is 12.9.